The molecule has 1 aliphatic heterocycles. The molecular formula is C17H18N2O2. The van der Waals surface area contributed by atoms with Gasteiger partial charge >= 0.3 is 0 Å². The highest BCUT2D eigenvalue weighted by Crippen LogP contribution is 2.25. The average molecular weight is 282 g/mol. The number of carbonyl (C=O) groups excluding carboxylic acids is 1. The summed E-state index contributed by atoms with van der Waals surface area (Å²) in [6, 6.07) is 9.66. The Morgan fingerprint density at radius 3 is 3.10 bits per heavy atom. The molecule has 3 rings (SSSR count). The second-order valence-corrected chi connectivity index (χ2v) is 5.30. The molecule has 2 heterocycles. The maximum absolute atomic E-state index is 12.1. The minimum atomic E-state index is -0.0164. The van der Waals surface area contributed by atoms with Crippen LogP contribution < -0.4 is 10.1 Å². The zero-order chi connectivity index (χ0) is 14.7. The number of hydrogen-bond donors (Lipinski definition) is 1. The molecule has 1 N–H and O–H groups in total. The highest BCUT2D eigenvalue weighted by molar-refractivity contribution is 5.92. The molecule has 0 saturated carbocycles. The molecule has 21 heavy (non-hydrogen) atoms. The van der Waals surface area contributed by atoms with E-state index in [1.807, 2.05) is 25.1 Å². The second kappa shape index (κ2) is 5.95. The summed E-state index contributed by atoms with van der Waals surface area (Å²) in [6.45, 7) is 2.69. The van der Waals surface area contributed by atoms with Gasteiger partial charge in [-0.3, -0.25) is 9.78 Å². The van der Waals surface area contributed by atoms with Gasteiger partial charge in [0, 0.05) is 17.6 Å². The molecule has 0 aliphatic carbocycles. The van der Waals surface area contributed by atoms with E-state index in [1.54, 1.807) is 12.3 Å². The van der Waals surface area contributed by atoms with Gasteiger partial charge < -0.3 is 10.1 Å². The molecule has 1 aromatic carbocycles. The van der Waals surface area contributed by atoms with E-state index in [-0.39, 0.29) is 5.91 Å². The van der Waals surface area contributed by atoms with Crippen LogP contribution in [-0.4, -0.2) is 17.5 Å². The quantitative estimate of drug-likeness (QED) is 0.941. The number of hydrogen-bond acceptors (Lipinski definition) is 3. The fourth-order valence-electron chi connectivity index (χ4n) is 2.54. The minimum absolute atomic E-state index is 0.0164. The number of ether oxygens (including phenoxy) is 1. The first-order chi connectivity index (χ1) is 10.2. The van der Waals surface area contributed by atoms with Crippen molar-refractivity contribution in [1.82, 2.24) is 4.98 Å². The van der Waals surface area contributed by atoms with Gasteiger partial charge in [-0.05, 0) is 49.1 Å². The van der Waals surface area contributed by atoms with E-state index < -0.39 is 0 Å². The van der Waals surface area contributed by atoms with Crippen LogP contribution >= 0.6 is 0 Å². The highest BCUT2D eigenvalue weighted by Gasteiger charge is 2.12. The van der Waals surface area contributed by atoms with E-state index in [0.29, 0.717) is 6.42 Å². The maximum atomic E-state index is 12.1. The number of aryl methyl sites for hydroxylation is 2. The van der Waals surface area contributed by atoms with Crippen LogP contribution in [0.4, 0.5) is 5.69 Å². The lowest BCUT2D eigenvalue weighted by Gasteiger charge is -2.17. The first-order valence-electron chi connectivity index (χ1n) is 7.18. The van der Waals surface area contributed by atoms with Gasteiger partial charge in [-0.15, -0.1) is 0 Å². The SMILES string of the molecule is Cc1cc(NC(=O)Cc2ccc3c(c2)CCCO3)ccn1. The van der Waals surface area contributed by atoms with Crippen LogP contribution in [0.2, 0.25) is 0 Å². The molecule has 0 fully saturated rings. The Labute approximate surface area is 124 Å². The molecule has 0 unspecified atom stereocenters. The monoisotopic (exact) mass is 282 g/mol. The van der Waals surface area contributed by atoms with Crippen molar-refractivity contribution in [2.24, 2.45) is 0 Å². The fourth-order valence-corrected chi connectivity index (χ4v) is 2.54. The first kappa shape index (κ1) is 13.6. The number of aromatic nitrogens is 1. The number of benzene rings is 1. The van der Waals surface area contributed by atoms with Crippen LogP contribution in [0.15, 0.2) is 36.5 Å². The summed E-state index contributed by atoms with van der Waals surface area (Å²) in [5.41, 5.74) is 3.89. The van der Waals surface area contributed by atoms with E-state index in [2.05, 4.69) is 16.4 Å². The molecule has 0 atom stereocenters. The largest absolute Gasteiger partial charge is 0.493 e. The van der Waals surface area contributed by atoms with Crippen LogP contribution in [0.1, 0.15) is 23.2 Å². The average Bonchev–Trinajstić information content (AvgIpc) is 2.47. The Morgan fingerprint density at radius 2 is 2.24 bits per heavy atom. The normalized spacial score (nSPS) is 13.2. The molecular weight excluding hydrogens is 264 g/mol. The van der Waals surface area contributed by atoms with Crippen LogP contribution in [0.5, 0.6) is 5.75 Å². The summed E-state index contributed by atoms with van der Waals surface area (Å²) in [5, 5.41) is 2.90. The Morgan fingerprint density at radius 1 is 1.33 bits per heavy atom. The van der Waals surface area contributed by atoms with Gasteiger partial charge in [0.05, 0.1) is 13.0 Å². The van der Waals surface area contributed by atoms with Crippen molar-refractivity contribution in [2.75, 3.05) is 11.9 Å². The number of carbonyl (C=O) groups is 1. The zero-order valence-electron chi connectivity index (χ0n) is 12.1. The van der Waals surface area contributed by atoms with E-state index >= 15 is 0 Å². The number of nitrogens with one attached hydrogen (secondary N) is 1. The molecule has 4 nitrogen and oxygen atoms in total. The lowest BCUT2D eigenvalue weighted by atomic mass is 10.0. The molecule has 0 bridgehead atoms. The standard InChI is InChI=1S/C17H18N2O2/c1-12-9-15(6-7-18-12)19-17(20)11-13-4-5-16-14(10-13)3-2-8-21-16/h4-7,9-10H,2-3,8,11H2,1H3,(H,18,19,20). The summed E-state index contributed by atoms with van der Waals surface area (Å²) in [4.78, 5) is 16.2. The highest BCUT2D eigenvalue weighted by atomic mass is 16.5. The zero-order valence-corrected chi connectivity index (χ0v) is 12.1. The second-order valence-electron chi connectivity index (χ2n) is 5.30. The van der Waals surface area contributed by atoms with Crippen molar-refractivity contribution < 1.29 is 9.53 Å². The van der Waals surface area contributed by atoms with E-state index in [4.69, 9.17) is 4.74 Å². The Balaban J connectivity index is 1.67. The van der Waals surface area contributed by atoms with Gasteiger partial charge in [-0.25, -0.2) is 0 Å². The summed E-state index contributed by atoms with van der Waals surface area (Å²) >= 11 is 0. The molecule has 0 radical (unpaired) electrons. The Bertz CT molecular complexity index is 668. The van der Waals surface area contributed by atoms with Gasteiger partial charge in [0.2, 0.25) is 5.91 Å². The number of fused-ring (bicyclic) bond motifs is 1. The summed E-state index contributed by atoms with van der Waals surface area (Å²) in [6.07, 6.45) is 4.13. The van der Waals surface area contributed by atoms with E-state index in [1.165, 1.54) is 5.56 Å². The minimum Gasteiger partial charge on any atom is -0.493 e. The van der Waals surface area contributed by atoms with Gasteiger partial charge in [-0.2, -0.15) is 0 Å². The number of anilines is 1. The van der Waals surface area contributed by atoms with Gasteiger partial charge in [-0.1, -0.05) is 12.1 Å². The number of nitrogens with zero attached hydrogens (tertiary/aromatic N) is 1. The Kier molecular flexibility index (Phi) is 3.86. The number of rotatable bonds is 3. The predicted octanol–water partition coefficient (Wildman–Crippen LogP) is 2.90. The summed E-state index contributed by atoms with van der Waals surface area (Å²) in [5.74, 6) is 0.937. The summed E-state index contributed by atoms with van der Waals surface area (Å²) in [7, 11) is 0. The molecule has 4 heteroatoms. The third-order valence-electron chi connectivity index (χ3n) is 3.52. The Hall–Kier alpha value is -2.36. The third kappa shape index (κ3) is 3.40. The van der Waals surface area contributed by atoms with Crippen molar-refractivity contribution in [1.29, 1.82) is 0 Å². The number of pyridine rings is 1. The topological polar surface area (TPSA) is 51.2 Å². The van der Waals surface area contributed by atoms with Crippen LogP contribution in [0.3, 0.4) is 0 Å². The van der Waals surface area contributed by atoms with Crippen LogP contribution in [-0.2, 0) is 17.6 Å². The molecule has 108 valence electrons. The van der Waals surface area contributed by atoms with Gasteiger partial charge in [0.25, 0.3) is 0 Å². The maximum Gasteiger partial charge on any atom is 0.228 e. The van der Waals surface area contributed by atoms with E-state index in [9.17, 15) is 4.79 Å². The molecule has 0 saturated heterocycles. The van der Waals surface area contributed by atoms with Crippen molar-refractivity contribution in [3.05, 3.63) is 53.3 Å². The first-order valence-corrected chi connectivity index (χ1v) is 7.18. The van der Waals surface area contributed by atoms with Gasteiger partial charge in [0.1, 0.15) is 5.75 Å². The fraction of sp³-hybridized carbons (Fsp3) is 0.294. The predicted molar refractivity (Wildman–Crippen MR) is 81.6 cm³/mol. The van der Waals surface area contributed by atoms with Crippen LogP contribution in [0.25, 0.3) is 0 Å². The molecule has 1 aliphatic rings. The van der Waals surface area contributed by atoms with Crippen LogP contribution in [0, 0.1) is 6.92 Å². The lowest BCUT2D eigenvalue weighted by molar-refractivity contribution is -0.115. The molecule has 2 aromatic rings. The van der Waals surface area contributed by atoms with Crippen molar-refractivity contribution >= 4 is 11.6 Å². The molecule has 0 spiro atoms. The smallest absolute Gasteiger partial charge is 0.228 e. The number of amides is 1. The van der Waals surface area contributed by atoms with Crippen molar-refractivity contribution in [3.63, 3.8) is 0 Å². The molecule has 1 amide bonds. The van der Waals surface area contributed by atoms with Crippen molar-refractivity contribution in [3.8, 4) is 5.75 Å². The van der Waals surface area contributed by atoms with Gasteiger partial charge in [0.15, 0.2) is 0 Å². The third-order valence-corrected chi connectivity index (χ3v) is 3.52. The summed E-state index contributed by atoms with van der Waals surface area (Å²) < 4.78 is 5.58. The van der Waals surface area contributed by atoms with Crippen molar-refractivity contribution in [2.45, 2.75) is 26.2 Å². The molecule has 1 aromatic heterocycles. The lowest BCUT2D eigenvalue weighted by Crippen LogP contribution is -2.15. The van der Waals surface area contributed by atoms with E-state index in [0.717, 1.165) is 42.1 Å².